The lowest BCUT2D eigenvalue weighted by atomic mass is 10.2. The molecule has 0 fully saturated rings. The maximum atomic E-state index is 4.76. The number of aromatic nitrogens is 3. The number of rotatable bonds is 1. The molecule has 0 aliphatic heterocycles. The zero-order valence-electron chi connectivity index (χ0n) is 10.4. The topological polar surface area (TPSA) is 30.2 Å². The molecule has 0 saturated carbocycles. The predicted molar refractivity (Wildman–Crippen MR) is 79.8 cm³/mol. The molecule has 0 radical (unpaired) electrons. The van der Waals surface area contributed by atoms with Crippen LogP contribution in [0.25, 0.3) is 27.6 Å². The lowest BCUT2D eigenvalue weighted by Gasteiger charge is -2.05. The van der Waals surface area contributed by atoms with Crippen molar-refractivity contribution in [3.05, 3.63) is 48.5 Å². The van der Waals surface area contributed by atoms with E-state index in [-0.39, 0.29) is 0 Å². The Hall–Kier alpha value is -2.07. The van der Waals surface area contributed by atoms with Gasteiger partial charge in [-0.1, -0.05) is 36.0 Å². The lowest BCUT2D eigenvalue weighted by Crippen LogP contribution is -1.95. The van der Waals surface area contributed by atoms with Crippen LogP contribution in [0.3, 0.4) is 0 Å². The van der Waals surface area contributed by atoms with Crippen molar-refractivity contribution < 1.29 is 0 Å². The summed E-state index contributed by atoms with van der Waals surface area (Å²) in [5, 5.41) is 2.07. The lowest BCUT2D eigenvalue weighted by molar-refractivity contribution is 0.956. The Morgan fingerprint density at radius 1 is 0.895 bits per heavy atom. The van der Waals surface area contributed by atoms with E-state index in [2.05, 4.69) is 16.5 Å². The first-order valence-corrected chi connectivity index (χ1v) is 7.31. The minimum absolute atomic E-state index is 0.974. The highest BCUT2D eigenvalue weighted by atomic mass is 32.2. The molecule has 0 unspecified atom stereocenters. The van der Waals surface area contributed by atoms with Crippen molar-refractivity contribution in [2.45, 2.75) is 5.16 Å². The summed E-state index contributed by atoms with van der Waals surface area (Å²) in [5.41, 5.74) is 4.10. The number of nitrogens with zero attached hydrogens (tertiary/aromatic N) is 3. The molecule has 4 heteroatoms. The smallest absolute Gasteiger partial charge is 0.174 e. The molecule has 2 aromatic heterocycles. The van der Waals surface area contributed by atoms with E-state index >= 15 is 0 Å². The summed E-state index contributed by atoms with van der Waals surface area (Å²) in [5.74, 6) is 0. The summed E-state index contributed by atoms with van der Waals surface area (Å²) in [6.45, 7) is 0. The summed E-state index contributed by atoms with van der Waals surface area (Å²) in [4.78, 5) is 9.49. The maximum absolute atomic E-state index is 4.76. The van der Waals surface area contributed by atoms with Gasteiger partial charge < -0.3 is 0 Å². The van der Waals surface area contributed by atoms with Gasteiger partial charge in [0, 0.05) is 5.39 Å². The Kier molecular flexibility index (Phi) is 2.26. The van der Waals surface area contributed by atoms with Crippen molar-refractivity contribution in [2.75, 3.05) is 6.26 Å². The van der Waals surface area contributed by atoms with Crippen molar-refractivity contribution in [3.8, 4) is 0 Å². The zero-order chi connectivity index (χ0) is 12.8. The van der Waals surface area contributed by atoms with E-state index in [9.17, 15) is 0 Å². The fraction of sp³-hybridized carbons (Fsp3) is 0.0667. The van der Waals surface area contributed by atoms with Crippen molar-refractivity contribution in [3.63, 3.8) is 0 Å². The highest BCUT2D eigenvalue weighted by Crippen LogP contribution is 2.27. The molecular weight excluding hydrogens is 254 g/mol. The first-order valence-electron chi connectivity index (χ1n) is 6.08. The van der Waals surface area contributed by atoms with Gasteiger partial charge in [-0.2, -0.15) is 0 Å². The Bertz CT molecular complexity index is 911. The van der Waals surface area contributed by atoms with E-state index in [1.165, 1.54) is 0 Å². The van der Waals surface area contributed by atoms with Crippen LogP contribution in [0.2, 0.25) is 0 Å². The molecule has 3 nitrogen and oxygen atoms in total. The molecule has 0 spiro atoms. The summed E-state index contributed by atoms with van der Waals surface area (Å²) in [6, 6.07) is 16.3. The van der Waals surface area contributed by atoms with Crippen LogP contribution in [0.4, 0.5) is 0 Å². The number of imidazole rings is 1. The quantitative estimate of drug-likeness (QED) is 0.388. The second-order valence-electron chi connectivity index (χ2n) is 4.38. The van der Waals surface area contributed by atoms with Gasteiger partial charge in [0.15, 0.2) is 5.16 Å². The van der Waals surface area contributed by atoms with Gasteiger partial charge >= 0.3 is 0 Å². The van der Waals surface area contributed by atoms with Crippen LogP contribution in [-0.2, 0) is 0 Å². The number of thioether (sulfide) groups is 1. The molecule has 4 aromatic rings. The molecular formula is C15H11N3S. The second kappa shape index (κ2) is 3.96. The Morgan fingerprint density at radius 2 is 1.63 bits per heavy atom. The van der Waals surface area contributed by atoms with Crippen molar-refractivity contribution >= 4 is 39.3 Å². The van der Waals surface area contributed by atoms with E-state index in [0.717, 1.165) is 32.7 Å². The van der Waals surface area contributed by atoms with E-state index in [4.69, 9.17) is 9.97 Å². The van der Waals surface area contributed by atoms with Crippen LogP contribution >= 0.6 is 11.8 Å². The van der Waals surface area contributed by atoms with Crippen LogP contribution in [0, 0.1) is 0 Å². The average molecular weight is 265 g/mol. The van der Waals surface area contributed by atoms with Crippen LogP contribution in [0.1, 0.15) is 0 Å². The summed E-state index contributed by atoms with van der Waals surface area (Å²) >= 11 is 1.64. The SMILES string of the molecule is CSc1nc2ccccc2c2nc3ccccc3n12. The third-order valence-corrected chi connectivity index (χ3v) is 3.93. The molecule has 0 saturated heterocycles. The van der Waals surface area contributed by atoms with E-state index in [1.54, 1.807) is 11.8 Å². The Morgan fingerprint density at radius 3 is 2.47 bits per heavy atom. The molecule has 0 N–H and O–H groups in total. The fourth-order valence-electron chi connectivity index (χ4n) is 2.45. The number of hydrogen-bond acceptors (Lipinski definition) is 3. The number of hydrogen-bond donors (Lipinski definition) is 0. The zero-order valence-corrected chi connectivity index (χ0v) is 11.2. The molecule has 2 aromatic carbocycles. The van der Waals surface area contributed by atoms with Gasteiger partial charge in [0.2, 0.25) is 0 Å². The summed E-state index contributed by atoms with van der Waals surface area (Å²) in [7, 11) is 0. The minimum Gasteiger partial charge on any atom is -0.271 e. The molecule has 0 atom stereocenters. The number of benzene rings is 2. The van der Waals surface area contributed by atoms with Crippen LogP contribution in [0.15, 0.2) is 53.7 Å². The van der Waals surface area contributed by atoms with Gasteiger partial charge in [0.1, 0.15) is 5.65 Å². The van der Waals surface area contributed by atoms with Crippen molar-refractivity contribution in [1.82, 2.24) is 14.4 Å². The van der Waals surface area contributed by atoms with Gasteiger partial charge in [0.25, 0.3) is 0 Å². The molecule has 0 bridgehead atoms. The third-order valence-electron chi connectivity index (χ3n) is 3.30. The Balaban J connectivity index is 2.34. The van der Waals surface area contributed by atoms with Crippen LogP contribution < -0.4 is 0 Å². The fourth-order valence-corrected chi connectivity index (χ4v) is 3.01. The largest absolute Gasteiger partial charge is 0.271 e. The van der Waals surface area contributed by atoms with Gasteiger partial charge in [-0.25, -0.2) is 9.97 Å². The van der Waals surface area contributed by atoms with Gasteiger partial charge in [-0.15, -0.1) is 0 Å². The molecule has 0 aliphatic carbocycles. The molecule has 19 heavy (non-hydrogen) atoms. The maximum Gasteiger partial charge on any atom is 0.174 e. The van der Waals surface area contributed by atoms with E-state index in [0.29, 0.717) is 0 Å². The van der Waals surface area contributed by atoms with Crippen LogP contribution in [-0.4, -0.2) is 20.6 Å². The van der Waals surface area contributed by atoms with Crippen molar-refractivity contribution in [1.29, 1.82) is 0 Å². The minimum atomic E-state index is 0.974. The van der Waals surface area contributed by atoms with E-state index < -0.39 is 0 Å². The van der Waals surface area contributed by atoms with Crippen LogP contribution in [0.5, 0.6) is 0 Å². The molecule has 92 valence electrons. The first-order chi connectivity index (χ1) is 9.38. The normalized spacial score (nSPS) is 11.6. The third kappa shape index (κ3) is 1.47. The average Bonchev–Trinajstić information content (AvgIpc) is 2.86. The molecule has 2 heterocycles. The highest BCUT2D eigenvalue weighted by molar-refractivity contribution is 7.98. The van der Waals surface area contributed by atoms with E-state index in [1.807, 2.05) is 42.7 Å². The Labute approximate surface area is 114 Å². The predicted octanol–water partition coefficient (Wildman–Crippen LogP) is 3.76. The first kappa shape index (κ1) is 10.8. The standard InChI is InChI=1S/C15H11N3S/c1-19-15-17-11-7-3-2-6-10(11)14-16-12-8-4-5-9-13(12)18(14)15/h2-9H,1H3. The van der Waals surface area contributed by atoms with Gasteiger partial charge in [0.05, 0.1) is 16.6 Å². The highest BCUT2D eigenvalue weighted by Gasteiger charge is 2.12. The molecule has 4 rings (SSSR count). The number of para-hydroxylation sites is 3. The molecule has 0 amide bonds. The van der Waals surface area contributed by atoms with Crippen molar-refractivity contribution in [2.24, 2.45) is 0 Å². The number of fused-ring (bicyclic) bond motifs is 5. The molecule has 0 aliphatic rings. The van der Waals surface area contributed by atoms with Gasteiger partial charge in [-0.05, 0) is 30.5 Å². The summed E-state index contributed by atoms with van der Waals surface area (Å²) < 4.78 is 2.14. The van der Waals surface area contributed by atoms with Gasteiger partial charge in [-0.3, -0.25) is 4.40 Å². The summed E-state index contributed by atoms with van der Waals surface area (Å²) in [6.07, 6.45) is 2.05. The monoisotopic (exact) mass is 265 g/mol. The second-order valence-corrected chi connectivity index (χ2v) is 5.15.